The van der Waals surface area contributed by atoms with E-state index in [0.29, 0.717) is 5.76 Å². The zero-order valence-electron chi connectivity index (χ0n) is 18.1. The second-order valence-corrected chi connectivity index (χ2v) is 10.3. The van der Waals surface area contributed by atoms with Gasteiger partial charge in [0.15, 0.2) is 0 Å². The second-order valence-electron chi connectivity index (χ2n) is 10.3. The van der Waals surface area contributed by atoms with Crippen LogP contribution in [-0.2, 0) is 4.74 Å². The summed E-state index contributed by atoms with van der Waals surface area (Å²) in [6.07, 6.45) is 14.9. The van der Waals surface area contributed by atoms with Gasteiger partial charge in [-0.2, -0.15) is 0 Å². The molecule has 0 radical (unpaired) electrons. The summed E-state index contributed by atoms with van der Waals surface area (Å²) < 4.78 is 6.63. The van der Waals surface area contributed by atoms with Crippen LogP contribution in [0.3, 0.4) is 0 Å². The van der Waals surface area contributed by atoms with Crippen LogP contribution in [0, 0.1) is 16.7 Å². The van der Waals surface area contributed by atoms with Crippen LogP contribution in [0.25, 0.3) is 0 Å². The molecule has 0 fully saturated rings. The summed E-state index contributed by atoms with van der Waals surface area (Å²) in [5, 5.41) is 10.5. The zero-order chi connectivity index (χ0) is 19.6. The van der Waals surface area contributed by atoms with Gasteiger partial charge in [-0.1, -0.05) is 80.6 Å². The van der Waals surface area contributed by atoms with Crippen LogP contribution in [0.1, 0.15) is 93.4 Å². The predicted molar refractivity (Wildman–Crippen MR) is 111 cm³/mol. The Morgan fingerprint density at radius 3 is 2.15 bits per heavy atom. The van der Waals surface area contributed by atoms with Crippen molar-refractivity contribution in [1.82, 2.24) is 0 Å². The van der Waals surface area contributed by atoms with Crippen LogP contribution in [0.4, 0.5) is 0 Å². The zero-order valence-corrected chi connectivity index (χ0v) is 18.1. The lowest BCUT2D eigenvalue weighted by Crippen LogP contribution is -2.41. The van der Waals surface area contributed by atoms with E-state index in [0.717, 1.165) is 12.2 Å². The number of unbranched alkanes of at least 4 members (excludes halogenated alkanes) is 5. The highest BCUT2D eigenvalue weighted by atomic mass is 16.5. The van der Waals surface area contributed by atoms with E-state index in [2.05, 4.69) is 54.5 Å². The summed E-state index contributed by atoms with van der Waals surface area (Å²) in [4.78, 5) is 0. The fourth-order valence-electron chi connectivity index (χ4n) is 4.33. The number of fused-ring (bicyclic) bond motifs is 1. The quantitative estimate of drug-likeness (QED) is 0.477. The molecule has 1 aliphatic carbocycles. The third-order valence-electron chi connectivity index (χ3n) is 6.01. The van der Waals surface area contributed by atoms with Crippen molar-refractivity contribution < 1.29 is 9.84 Å². The van der Waals surface area contributed by atoms with Gasteiger partial charge in [0.1, 0.15) is 17.1 Å². The van der Waals surface area contributed by atoms with Crippen molar-refractivity contribution >= 4 is 0 Å². The minimum absolute atomic E-state index is 0.0104. The average molecular weight is 361 g/mol. The summed E-state index contributed by atoms with van der Waals surface area (Å²) in [7, 11) is 0. The molecule has 0 bridgehead atoms. The maximum absolute atomic E-state index is 10.5. The van der Waals surface area contributed by atoms with E-state index in [4.69, 9.17) is 4.74 Å². The first-order valence-corrected chi connectivity index (χ1v) is 10.5. The van der Waals surface area contributed by atoms with Gasteiger partial charge in [0.2, 0.25) is 0 Å². The van der Waals surface area contributed by atoms with Crippen molar-refractivity contribution in [2.75, 3.05) is 0 Å². The van der Waals surface area contributed by atoms with Crippen LogP contribution >= 0.6 is 0 Å². The number of aliphatic hydroxyl groups is 1. The SMILES string of the molecule is CCCCCCCCC1(C(C)(C)C)C=C2C(=CC=C(O)C2C(C)(C)C)O1. The molecule has 0 saturated carbocycles. The summed E-state index contributed by atoms with van der Waals surface area (Å²) in [6.45, 7) is 15.7. The van der Waals surface area contributed by atoms with Crippen LogP contribution < -0.4 is 0 Å². The lowest BCUT2D eigenvalue weighted by Gasteiger charge is -2.40. The molecular formula is C24H40O2. The average Bonchev–Trinajstić information content (AvgIpc) is 2.88. The Bertz CT molecular complexity index is 580. The van der Waals surface area contributed by atoms with E-state index in [1.54, 1.807) is 0 Å². The molecule has 0 saturated heterocycles. The normalized spacial score (nSPS) is 26.0. The molecule has 0 amide bonds. The molecule has 1 heterocycles. The Morgan fingerprint density at radius 1 is 0.962 bits per heavy atom. The topological polar surface area (TPSA) is 29.5 Å². The highest BCUT2D eigenvalue weighted by molar-refractivity contribution is 5.47. The first kappa shape index (κ1) is 21.1. The van der Waals surface area contributed by atoms with Crippen molar-refractivity contribution in [3.8, 4) is 0 Å². The smallest absolute Gasteiger partial charge is 0.133 e. The minimum atomic E-state index is -0.277. The molecule has 2 nitrogen and oxygen atoms in total. The number of hydrogen-bond donors (Lipinski definition) is 1. The molecule has 1 aliphatic heterocycles. The lowest BCUT2D eigenvalue weighted by molar-refractivity contribution is -0.0351. The molecule has 2 atom stereocenters. The molecule has 2 heteroatoms. The van der Waals surface area contributed by atoms with Gasteiger partial charge < -0.3 is 9.84 Å². The number of hydrogen-bond acceptors (Lipinski definition) is 2. The monoisotopic (exact) mass is 360 g/mol. The van der Waals surface area contributed by atoms with E-state index in [1.807, 2.05) is 12.2 Å². The molecule has 0 aromatic carbocycles. The van der Waals surface area contributed by atoms with Gasteiger partial charge in [0.05, 0.1) is 0 Å². The summed E-state index contributed by atoms with van der Waals surface area (Å²) >= 11 is 0. The van der Waals surface area contributed by atoms with Crippen molar-refractivity contribution in [1.29, 1.82) is 0 Å². The molecule has 26 heavy (non-hydrogen) atoms. The molecular weight excluding hydrogens is 320 g/mol. The molecule has 2 aliphatic rings. The van der Waals surface area contributed by atoms with Crippen molar-refractivity contribution in [3.05, 3.63) is 35.3 Å². The van der Waals surface area contributed by atoms with Gasteiger partial charge in [-0.05, 0) is 36.5 Å². The van der Waals surface area contributed by atoms with Crippen LogP contribution in [-0.4, -0.2) is 10.7 Å². The standard InChI is InChI=1S/C24H40O2/c1-8-9-10-11-12-13-16-24(23(5,6)7)17-18-20(26-24)15-14-19(25)21(18)22(2,3)4/h14-15,17,21,25H,8-13,16H2,1-7H3. The number of aliphatic hydroxyl groups excluding tert-OH is 1. The van der Waals surface area contributed by atoms with Crippen molar-refractivity contribution in [2.24, 2.45) is 16.7 Å². The molecule has 1 N–H and O–H groups in total. The summed E-state index contributed by atoms with van der Waals surface area (Å²) in [5.41, 5.74) is 0.877. The minimum Gasteiger partial charge on any atom is -0.512 e. The van der Waals surface area contributed by atoms with E-state index >= 15 is 0 Å². The Kier molecular flexibility index (Phi) is 6.36. The molecule has 2 rings (SSSR count). The first-order chi connectivity index (χ1) is 12.0. The predicted octanol–water partition coefficient (Wildman–Crippen LogP) is 7.48. The van der Waals surface area contributed by atoms with E-state index in [-0.39, 0.29) is 22.3 Å². The van der Waals surface area contributed by atoms with Gasteiger partial charge in [0.25, 0.3) is 0 Å². The highest BCUT2D eigenvalue weighted by Gasteiger charge is 2.50. The maximum Gasteiger partial charge on any atom is 0.133 e. The Balaban J connectivity index is 2.21. The van der Waals surface area contributed by atoms with Crippen molar-refractivity contribution in [3.63, 3.8) is 0 Å². The first-order valence-electron chi connectivity index (χ1n) is 10.5. The third-order valence-corrected chi connectivity index (χ3v) is 6.01. The van der Waals surface area contributed by atoms with E-state index in [9.17, 15) is 5.11 Å². The van der Waals surface area contributed by atoms with Gasteiger partial charge in [-0.3, -0.25) is 0 Å². The third kappa shape index (κ3) is 4.38. The molecule has 0 aromatic rings. The van der Waals surface area contributed by atoms with Gasteiger partial charge >= 0.3 is 0 Å². The summed E-state index contributed by atoms with van der Waals surface area (Å²) in [6, 6.07) is 0. The molecule has 0 spiro atoms. The Labute approximate surface area is 161 Å². The molecule has 2 unspecified atom stereocenters. The number of allylic oxidation sites excluding steroid dienone is 4. The van der Waals surface area contributed by atoms with Crippen LogP contribution in [0.5, 0.6) is 0 Å². The van der Waals surface area contributed by atoms with E-state index < -0.39 is 0 Å². The van der Waals surface area contributed by atoms with Gasteiger partial charge in [-0.25, -0.2) is 0 Å². The number of rotatable bonds is 7. The molecule has 148 valence electrons. The van der Waals surface area contributed by atoms with Crippen molar-refractivity contribution in [2.45, 2.75) is 99.0 Å². The fraction of sp³-hybridized carbons (Fsp3) is 0.750. The molecule has 0 aromatic heterocycles. The Hall–Kier alpha value is -1.18. The Morgan fingerprint density at radius 2 is 1.58 bits per heavy atom. The maximum atomic E-state index is 10.5. The largest absolute Gasteiger partial charge is 0.512 e. The fourth-order valence-corrected chi connectivity index (χ4v) is 4.33. The lowest BCUT2D eigenvalue weighted by atomic mass is 9.69. The van der Waals surface area contributed by atoms with Gasteiger partial charge in [-0.15, -0.1) is 0 Å². The highest BCUT2D eigenvalue weighted by Crippen LogP contribution is 2.53. The second kappa shape index (κ2) is 7.82. The van der Waals surface area contributed by atoms with E-state index in [1.165, 1.54) is 44.1 Å². The van der Waals surface area contributed by atoms with Crippen LogP contribution in [0.15, 0.2) is 35.3 Å². The van der Waals surface area contributed by atoms with Crippen LogP contribution in [0.2, 0.25) is 0 Å². The number of ether oxygens (including phenoxy) is 1. The summed E-state index contributed by atoms with van der Waals surface area (Å²) in [5.74, 6) is 1.43. The van der Waals surface area contributed by atoms with Gasteiger partial charge in [0, 0.05) is 16.9 Å².